The molecular weight excluding hydrogens is 319 g/mol. The monoisotopic (exact) mass is 342 g/mol. The molecule has 1 aliphatic heterocycles. The standard InChI is InChI=1S/C20H23FN2O2/c1-15-12-20(19(24)25-2,22-18-11-7-6-10-17(18)21)14-23(15)13-16-8-4-3-5-9-16/h3-11,15,22H,12-14H2,1-2H3. The molecule has 132 valence electrons. The van der Waals surface area contributed by atoms with Crippen molar-refractivity contribution in [2.75, 3.05) is 19.0 Å². The van der Waals surface area contributed by atoms with Gasteiger partial charge in [-0.1, -0.05) is 42.5 Å². The molecule has 0 amide bonds. The van der Waals surface area contributed by atoms with Crippen LogP contribution in [0.2, 0.25) is 0 Å². The number of likely N-dealkylation sites (tertiary alicyclic amines) is 1. The Labute approximate surface area is 147 Å². The summed E-state index contributed by atoms with van der Waals surface area (Å²) in [6.07, 6.45) is 0.556. The van der Waals surface area contributed by atoms with E-state index in [1.54, 1.807) is 18.2 Å². The fraction of sp³-hybridized carbons (Fsp3) is 0.350. The van der Waals surface area contributed by atoms with Crippen LogP contribution in [0.1, 0.15) is 18.9 Å². The van der Waals surface area contributed by atoms with E-state index in [1.807, 2.05) is 18.2 Å². The Bertz CT molecular complexity index is 737. The van der Waals surface area contributed by atoms with Crippen molar-refractivity contribution in [1.29, 1.82) is 0 Å². The van der Waals surface area contributed by atoms with Gasteiger partial charge in [0, 0.05) is 19.1 Å². The highest BCUT2D eigenvalue weighted by molar-refractivity contribution is 5.85. The van der Waals surface area contributed by atoms with Crippen molar-refractivity contribution < 1.29 is 13.9 Å². The SMILES string of the molecule is COC(=O)C1(Nc2ccccc2F)CC(C)N(Cc2ccccc2)C1. The topological polar surface area (TPSA) is 41.6 Å². The first-order chi connectivity index (χ1) is 12.0. The molecule has 0 bridgehead atoms. The summed E-state index contributed by atoms with van der Waals surface area (Å²) in [5, 5.41) is 3.13. The van der Waals surface area contributed by atoms with E-state index in [0.29, 0.717) is 18.7 Å². The third-order valence-corrected chi connectivity index (χ3v) is 4.79. The van der Waals surface area contributed by atoms with E-state index in [2.05, 4.69) is 29.3 Å². The maximum atomic E-state index is 14.1. The van der Waals surface area contributed by atoms with E-state index in [-0.39, 0.29) is 17.8 Å². The number of benzene rings is 2. The minimum Gasteiger partial charge on any atom is -0.467 e. The highest BCUT2D eigenvalue weighted by atomic mass is 19.1. The molecule has 0 aromatic heterocycles. The van der Waals surface area contributed by atoms with Crippen molar-refractivity contribution in [3.63, 3.8) is 0 Å². The molecule has 1 aliphatic rings. The number of rotatable bonds is 5. The number of methoxy groups -OCH3 is 1. The second-order valence-electron chi connectivity index (χ2n) is 6.62. The summed E-state index contributed by atoms with van der Waals surface area (Å²) in [6.45, 7) is 3.28. The summed E-state index contributed by atoms with van der Waals surface area (Å²) in [5.74, 6) is -0.738. The normalized spacial score (nSPS) is 23.4. The molecule has 25 heavy (non-hydrogen) atoms. The van der Waals surface area contributed by atoms with Gasteiger partial charge in [0.05, 0.1) is 12.8 Å². The lowest BCUT2D eigenvalue weighted by molar-refractivity contribution is -0.145. The number of anilines is 1. The van der Waals surface area contributed by atoms with E-state index >= 15 is 0 Å². The largest absolute Gasteiger partial charge is 0.467 e. The van der Waals surface area contributed by atoms with Crippen LogP contribution in [0.25, 0.3) is 0 Å². The molecule has 1 fully saturated rings. The predicted molar refractivity (Wildman–Crippen MR) is 95.7 cm³/mol. The second kappa shape index (κ2) is 7.23. The zero-order valence-corrected chi connectivity index (χ0v) is 14.5. The van der Waals surface area contributed by atoms with Crippen LogP contribution < -0.4 is 5.32 Å². The van der Waals surface area contributed by atoms with Gasteiger partial charge in [0.25, 0.3) is 0 Å². The molecule has 2 atom stereocenters. The molecule has 3 rings (SSSR count). The lowest BCUT2D eigenvalue weighted by atomic mass is 9.95. The Balaban J connectivity index is 1.84. The molecule has 2 aromatic carbocycles. The average molecular weight is 342 g/mol. The summed E-state index contributed by atoms with van der Waals surface area (Å²) in [7, 11) is 1.37. The number of hydrogen-bond acceptors (Lipinski definition) is 4. The van der Waals surface area contributed by atoms with Crippen molar-refractivity contribution in [2.45, 2.75) is 31.5 Å². The van der Waals surface area contributed by atoms with Crippen molar-refractivity contribution >= 4 is 11.7 Å². The maximum absolute atomic E-state index is 14.1. The minimum absolute atomic E-state index is 0.165. The first-order valence-electron chi connectivity index (χ1n) is 8.43. The summed E-state index contributed by atoms with van der Waals surface area (Å²) in [5.41, 5.74) is 0.549. The summed E-state index contributed by atoms with van der Waals surface area (Å²) in [4.78, 5) is 14.8. The van der Waals surface area contributed by atoms with E-state index in [9.17, 15) is 9.18 Å². The van der Waals surface area contributed by atoms with Gasteiger partial charge in [-0.25, -0.2) is 9.18 Å². The Kier molecular flexibility index (Phi) is 5.04. The van der Waals surface area contributed by atoms with Crippen LogP contribution in [0, 0.1) is 5.82 Å². The second-order valence-corrected chi connectivity index (χ2v) is 6.62. The number of nitrogens with zero attached hydrogens (tertiary/aromatic N) is 1. The first kappa shape index (κ1) is 17.4. The number of ether oxygens (including phenoxy) is 1. The van der Waals surface area contributed by atoms with E-state index in [0.717, 1.165) is 6.54 Å². The number of carbonyl (C=O) groups excluding carboxylic acids is 1. The first-order valence-corrected chi connectivity index (χ1v) is 8.43. The zero-order chi connectivity index (χ0) is 17.9. The Morgan fingerprint density at radius 1 is 1.24 bits per heavy atom. The van der Waals surface area contributed by atoms with E-state index in [1.165, 1.54) is 18.7 Å². The van der Waals surface area contributed by atoms with Crippen LogP contribution in [-0.2, 0) is 16.1 Å². The number of halogens is 1. The lowest BCUT2D eigenvalue weighted by Crippen LogP contribution is -2.49. The van der Waals surface area contributed by atoms with Crippen molar-refractivity contribution in [2.24, 2.45) is 0 Å². The summed E-state index contributed by atoms with van der Waals surface area (Å²) in [6, 6.07) is 16.7. The Hall–Kier alpha value is -2.40. The minimum atomic E-state index is -0.953. The molecule has 0 spiro atoms. The van der Waals surface area contributed by atoms with Crippen LogP contribution in [0.4, 0.5) is 10.1 Å². The number of carbonyl (C=O) groups is 1. The highest BCUT2D eigenvalue weighted by Gasteiger charge is 2.49. The van der Waals surface area contributed by atoms with Gasteiger partial charge in [-0.2, -0.15) is 0 Å². The van der Waals surface area contributed by atoms with Gasteiger partial charge in [-0.15, -0.1) is 0 Å². The molecule has 0 saturated carbocycles. The van der Waals surface area contributed by atoms with Crippen molar-refractivity contribution in [3.05, 3.63) is 66.0 Å². The van der Waals surface area contributed by atoms with Gasteiger partial charge in [0.2, 0.25) is 0 Å². The smallest absolute Gasteiger partial charge is 0.332 e. The molecule has 1 saturated heterocycles. The maximum Gasteiger partial charge on any atom is 0.332 e. The van der Waals surface area contributed by atoms with Crippen LogP contribution in [0.3, 0.4) is 0 Å². The summed E-state index contributed by atoms with van der Waals surface area (Å²) >= 11 is 0. The number of para-hydroxylation sites is 1. The number of esters is 1. The molecule has 0 radical (unpaired) electrons. The molecule has 4 nitrogen and oxygen atoms in total. The zero-order valence-electron chi connectivity index (χ0n) is 14.5. The van der Waals surface area contributed by atoms with Crippen LogP contribution >= 0.6 is 0 Å². The van der Waals surface area contributed by atoms with E-state index in [4.69, 9.17) is 4.74 Å². The number of hydrogen-bond donors (Lipinski definition) is 1. The molecule has 0 aliphatic carbocycles. The van der Waals surface area contributed by atoms with Crippen LogP contribution in [0.5, 0.6) is 0 Å². The quantitative estimate of drug-likeness (QED) is 0.845. The predicted octanol–water partition coefficient (Wildman–Crippen LogP) is 3.44. The van der Waals surface area contributed by atoms with Crippen molar-refractivity contribution in [3.8, 4) is 0 Å². The van der Waals surface area contributed by atoms with Gasteiger partial charge in [-0.05, 0) is 31.0 Å². The van der Waals surface area contributed by atoms with Crippen molar-refractivity contribution in [1.82, 2.24) is 4.90 Å². The average Bonchev–Trinajstić information content (AvgIpc) is 2.93. The third-order valence-electron chi connectivity index (χ3n) is 4.79. The molecule has 5 heteroatoms. The highest BCUT2D eigenvalue weighted by Crippen LogP contribution is 2.33. The van der Waals surface area contributed by atoms with Gasteiger partial charge < -0.3 is 10.1 Å². The van der Waals surface area contributed by atoms with Gasteiger partial charge >= 0.3 is 5.97 Å². The van der Waals surface area contributed by atoms with Crippen LogP contribution in [-0.4, -0.2) is 36.1 Å². The molecular formula is C20H23FN2O2. The Morgan fingerprint density at radius 3 is 2.60 bits per heavy atom. The molecule has 1 N–H and O–H groups in total. The lowest BCUT2D eigenvalue weighted by Gasteiger charge is -2.29. The molecule has 2 unspecified atom stereocenters. The fourth-order valence-corrected chi connectivity index (χ4v) is 3.54. The third kappa shape index (κ3) is 3.66. The van der Waals surface area contributed by atoms with Crippen LogP contribution in [0.15, 0.2) is 54.6 Å². The molecule has 1 heterocycles. The van der Waals surface area contributed by atoms with E-state index < -0.39 is 5.54 Å². The molecule has 2 aromatic rings. The number of nitrogens with one attached hydrogen (secondary N) is 1. The fourth-order valence-electron chi connectivity index (χ4n) is 3.54. The van der Waals surface area contributed by atoms with Gasteiger partial charge in [-0.3, -0.25) is 4.90 Å². The Morgan fingerprint density at radius 2 is 1.92 bits per heavy atom. The summed E-state index contributed by atoms with van der Waals surface area (Å²) < 4.78 is 19.1. The van der Waals surface area contributed by atoms with Gasteiger partial charge in [0.15, 0.2) is 0 Å². The van der Waals surface area contributed by atoms with Gasteiger partial charge in [0.1, 0.15) is 11.4 Å².